The van der Waals surface area contributed by atoms with E-state index in [4.69, 9.17) is 0 Å². The highest BCUT2D eigenvalue weighted by Crippen LogP contribution is 2.68. The number of aliphatic hydroxyl groups is 1. The number of hydrogen-bond acceptors (Lipinski definition) is 6. The number of carbonyl (C=O) groups is 2. The number of aromatic amines is 2. The van der Waals surface area contributed by atoms with Crippen LogP contribution in [0.4, 0.5) is 0 Å². The Morgan fingerprint density at radius 2 is 1.97 bits per heavy atom. The summed E-state index contributed by atoms with van der Waals surface area (Å²) in [7, 11) is 0. The third kappa shape index (κ3) is 2.03. The highest BCUT2D eigenvalue weighted by atomic mass is 16.4. The largest absolute Gasteiger partial charge is 0.503 e. The van der Waals surface area contributed by atoms with Gasteiger partial charge in [-0.1, -0.05) is 6.92 Å². The number of nitrogens with zero attached hydrogens (tertiary/aromatic N) is 2. The fraction of sp³-hybridized carbons (Fsp3) is 0.526. The van der Waals surface area contributed by atoms with Gasteiger partial charge in [0.1, 0.15) is 6.33 Å². The number of nitrogens with one attached hydrogen (secondary N) is 2. The zero-order valence-corrected chi connectivity index (χ0v) is 15.9. The molecule has 0 radical (unpaired) electrons. The number of aliphatic carboxylic acids is 1. The Morgan fingerprint density at radius 1 is 1.24 bits per heavy atom. The summed E-state index contributed by atoms with van der Waals surface area (Å²) in [6.07, 6.45) is 2.65. The number of ketones is 1. The number of rotatable bonds is 2. The fourth-order valence-corrected chi connectivity index (χ4v) is 6.14. The van der Waals surface area contributed by atoms with Crippen LogP contribution in [0.1, 0.15) is 33.1 Å². The lowest BCUT2D eigenvalue weighted by molar-refractivity contribution is -0.148. The number of H-pyrrole nitrogens is 2. The zero-order chi connectivity index (χ0) is 20.9. The smallest absolute Gasteiger partial charge is 0.327 e. The topological polar surface area (TPSA) is 158 Å². The summed E-state index contributed by atoms with van der Waals surface area (Å²) in [6.45, 7) is 3.58. The average Bonchev–Trinajstić information content (AvgIpc) is 3.31. The molecule has 5 rings (SSSR count). The van der Waals surface area contributed by atoms with Crippen molar-refractivity contribution in [1.82, 2.24) is 19.5 Å². The van der Waals surface area contributed by atoms with Crippen LogP contribution in [-0.2, 0) is 9.59 Å². The van der Waals surface area contributed by atoms with E-state index < -0.39 is 45.5 Å². The van der Waals surface area contributed by atoms with Crippen LogP contribution in [0.15, 0.2) is 21.7 Å². The van der Waals surface area contributed by atoms with Crippen molar-refractivity contribution in [2.75, 3.05) is 0 Å². The molecule has 2 fully saturated rings. The Bertz CT molecular complexity index is 1250. The van der Waals surface area contributed by atoms with Gasteiger partial charge in [0.15, 0.2) is 16.9 Å². The van der Waals surface area contributed by atoms with Crippen LogP contribution < -0.4 is 11.2 Å². The second-order valence-corrected chi connectivity index (χ2v) is 8.99. The van der Waals surface area contributed by atoms with E-state index >= 15 is 0 Å². The molecule has 2 saturated carbocycles. The van der Waals surface area contributed by atoms with E-state index in [0.717, 1.165) is 0 Å². The molecule has 2 aromatic rings. The Balaban J connectivity index is 1.72. The van der Waals surface area contributed by atoms with E-state index in [0.29, 0.717) is 19.3 Å². The molecule has 0 saturated heterocycles. The average molecular weight is 400 g/mol. The molecule has 0 aromatic carbocycles. The second-order valence-electron chi connectivity index (χ2n) is 8.99. The summed E-state index contributed by atoms with van der Waals surface area (Å²) in [4.78, 5) is 57.4. The monoisotopic (exact) mass is 400 g/mol. The Morgan fingerprint density at radius 3 is 2.66 bits per heavy atom. The molecule has 0 aliphatic heterocycles. The van der Waals surface area contributed by atoms with Gasteiger partial charge in [-0.2, -0.15) is 0 Å². The number of carbonyl (C=O) groups excluding carboxylic acids is 1. The van der Waals surface area contributed by atoms with Crippen LogP contribution in [0.5, 0.6) is 0 Å². The lowest BCUT2D eigenvalue weighted by Crippen LogP contribution is -2.34. The van der Waals surface area contributed by atoms with Crippen LogP contribution in [0, 0.1) is 28.6 Å². The van der Waals surface area contributed by atoms with Crippen molar-refractivity contribution in [3.63, 3.8) is 0 Å². The van der Waals surface area contributed by atoms with E-state index in [1.807, 2.05) is 6.92 Å². The summed E-state index contributed by atoms with van der Waals surface area (Å²) in [5, 5.41) is 20.4. The molecule has 3 aliphatic carbocycles. The standard InChI is InChI=1S/C19H20N4O6/c1-18(16(27)28)4-7-3-8-11(24)12(25)13(19(8,2)9(7)5-18)23-6-20-14-10(23)15(26)22-17(29)21-14/h6-9,25H,3-5H2,1-2H3,(H,27,28)(H2,21,22,26,29)/t7-,8-,9+,18-,19+/m0/s1. The maximum Gasteiger partial charge on any atom is 0.327 e. The Labute approximate surface area is 163 Å². The predicted molar refractivity (Wildman–Crippen MR) is 100.0 cm³/mol. The van der Waals surface area contributed by atoms with Gasteiger partial charge in [-0.3, -0.25) is 28.9 Å². The molecule has 2 aromatic heterocycles. The molecule has 0 spiro atoms. The molecular formula is C19H20N4O6. The summed E-state index contributed by atoms with van der Waals surface area (Å²) in [5.74, 6) is -2.28. The van der Waals surface area contributed by atoms with Gasteiger partial charge in [0.05, 0.1) is 11.1 Å². The quantitative estimate of drug-likeness (QED) is 0.582. The third-order valence-corrected chi connectivity index (χ3v) is 7.47. The van der Waals surface area contributed by atoms with Crippen molar-refractivity contribution in [2.24, 2.45) is 28.6 Å². The summed E-state index contributed by atoms with van der Waals surface area (Å²) < 4.78 is 1.37. The van der Waals surface area contributed by atoms with E-state index in [1.54, 1.807) is 6.92 Å². The first-order valence-electron chi connectivity index (χ1n) is 9.49. The van der Waals surface area contributed by atoms with E-state index in [9.17, 15) is 29.4 Å². The molecule has 3 aliphatic rings. The summed E-state index contributed by atoms with van der Waals surface area (Å²) in [5.41, 5.74) is -2.78. The van der Waals surface area contributed by atoms with E-state index in [-0.39, 0.29) is 28.7 Å². The number of aliphatic hydroxyl groups excluding tert-OH is 1. The van der Waals surface area contributed by atoms with Crippen LogP contribution in [0.25, 0.3) is 16.9 Å². The maximum absolute atomic E-state index is 12.9. The van der Waals surface area contributed by atoms with Crippen LogP contribution in [0.2, 0.25) is 0 Å². The highest BCUT2D eigenvalue weighted by Gasteiger charge is 2.67. The molecule has 152 valence electrons. The number of allylic oxidation sites excluding steroid dienone is 2. The predicted octanol–water partition coefficient (Wildman–Crippen LogP) is 0.866. The third-order valence-electron chi connectivity index (χ3n) is 7.47. The van der Waals surface area contributed by atoms with E-state index in [2.05, 4.69) is 15.0 Å². The zero-order valence-electron chi connectivity index (χ0n) is 15.9. The fourth-order valence-electron chi connectivity index (χ4n) is 6.14. The highest BCUT2D eigenvalue weighted by molar-refractivity contribution is 6.07. The molecule has 29 heavy (non-hydrogen) atoms. The Kier molecular flexibility index (Phi) is 3.24. The maximum atomic E-state index is 12.9. The number of aromatic nitrogens is 4. The van der Waals surface area contributed by atoms with Gasteiger partial charge in [-0.05, 0) is 38.0 Å². The first kappa shape index (κ1) is 17.9. The van der Waals surface area contributed by atoms with Crippen molar-refractivity contribution in [3.05, 3.63) is 32.9 Å². The van der Waals surface area contributed by atoms with Gasteiger partial charge < -0.3 is 10.2 Å². The minimum Gasteiger partial charge on any atom is -0.503 e. The number of Topliss-reactive ketones (excluding diaryl/α,β-unsaturated/α-hetero) is 1. The first-order valence-corrected chi connectivity index (χ1v) is 9.49. The summed E-state index contributed by atoms with van der Waals surface area (Å²) in [6, 6.07) is 0. The van der Waals surface area contributed by atoms with Crippen LogP contribution >= 0.6 is 0 Å². The van der Waals surface area contributed by atoms with Gasteiger partial charge in [0, 0.05) is 11.3 Å². The number of imidazole rings is 1. The van der Waals surface area contributed by atoms with E-state index in [1.165, 1.54) is 10.9 Å². The molecule has 0 amide bonds. The minimum atomic E-state index is -0.893. The van der Waals surface area contributed by atoms with Crippen molar-refractivity contribution < 1.29 is 19.8 Å². The summed E-state index contributed by atoms with van der Waals surface area (Å²) >= 11 is 0. The van der Waals surface area contributed by atoms with Gasteiger partial charge in [-0.15, -0.1) is 0 Å². The van der Waals surface area contributed by atoms with Crippen molar-refractivity contribution in [3.8, 4) is 0 Å². The van der Waals surface area contributed by atoms with Crippen LogP contribution in [-0.4, -0.2) is 41.5 Å². The molecule has 10 nitrogen and oxygen atoms in total. The molecule has 10 heteroatoms. The molecule has 5 atom stereocenters. The molecule has 2 heterocycles. The second kappa shape index (κ2) is 5.25. The molecular weight excluding hydrogens is 380 g/mol. The molecule has 0 unspecified atom stereocenters. The number of carboxylic acid groups (broad SMARTS) is 1. The van der Waals surface area contributed by atoms with Crippen LogP contribution in [0.3, 0.4) is 0 Å². The number of carboxylic acids is 1. The SMILES string of the molecule is C[C@]1(C(=O)O)C[C@@H]2C[C@H]3C(=O)C(O)=C(n4cnc5[nH]c(=O)[nH]c(=O)c54)[C@@]3(C)[C@@H]2C1. The Hall–Kier alpha value is -3.17. The number of fused-ring (bicyclic) bond motifs is 4. The number of hydrogen-bond donors (Lipinski definition) is 4. The van der Waals surface area contributed by atoms with Crippen molar-refractivity contribution in [1.29, 1.82) is 0 Å². The van der Waals surface area contributed by atoms with Gasteiger partial charge in [0.25, 0.3) is 5.56 Å². The molecule has 4 N–H and O–H groups in total. The lowest BCUT2D eigenvalue weighted by Gasteiger charge is -2.34. The normalized spacial score (nSPS) is 36.1. The van der Waals surface area contributed by atoms with Crippen molar-refractivity contribution in [2.45, 2.75) is 33.1 Å². The molecule has 0 bridgehead atoms. The lowest BCUT2D eigenvalue weighted by atomic mass is 9.70. The van der Waals surface area contributed by atoms with Gasteiger partial charge >= 0.3 is 11.7 Å². The first-order chi connectivity index (χ1) is 13.6. The van der Waals surface area contributed by atoms with Crippen molar-refractivity contribution >= 4 is 28.6 Å². The minimum absolute atomic E-state index is 0.0308. The van der Waals surface area contributed by atoms with Gasteiger partial charge in [0.2, 0.25) is 5.78 Å². The van der Waals surface area contributed by atoms with Gasteiger partial charge in [-0.25, -0.2) is 9.78 Å².